The molecule has 0 fully saturated rings. The van der Waals surface area contributed by atoms with Crippen LogP contribution in [0.2, 0.25) is 0 Å². The second-order valence-electron chi connectivity index (χ2n) is 13.3. The summed E-state index contributed by atoms with van der Waals surface area (Å²) < 4.78 is 20.9. The first-order valence-electron chi connectivity index (χ1n) is 19.0. The van der Waals surface area contributed by atoms with Crippen LogP contribution in [0.5, 0.6) is 17.2 Å². The number of ketones is 1. The van der Waals surface area contributed by atoms with E-state index in [1.807, 2.05) is 0 Å². The number of carbonyl (C=O) groups excluding carboxylic acids is 4. The van der Waals surface area contributed by atoms with Crippen LogP contribution in [0.4, 0.5) is 0 Å². The van der Waals surface area contributed by atoms with E-state index in [2.05, 4.69) is 24.1 Å². The predicted octanol–water partition coefficient (Wildman–Crippen LogP) is 6.55. The molecule has 0 aliphatic carbocycles. The number of carbonyl (C=O) groups is 5. The summed E-state index contributed by atoms with van der Waals surface area (Å²) in [5, 5.41) is 24.4. The molecule has 2 rings (SSSR count). The number of unbranched alkanes of at least 4 members (excludes halogenated alkanes) is 8. The maximum absolute atomic E-state index is 13.9. The normalized spacial score (nSPS) is 13.0. The monoisotopic (exact) mass is 763 g/mol. The van der Waals surface area contributed by atoms with Crippen LogP contribution < -0.4 is 19.5 Å². The van der Waals surface area contributed by atoms with Gasteiger partial charge in [0.25, 0.3) is 0 Å². The lowest BCUT2D eigenvalue weighted by molar-refractivity contribution is -0.171. The number of carboxylic acid groups (broad SMARTS) is 1. The van der Waals surface area contributed by atoms with Gasteiger partial charge in [0.15, 0.2) is 5.60 Å². The SMILES string of the molecule is CC#CCOc1ccc(C[C@H](NC(=O)[C@@H](C=CCCCCCCC(=O)CCCCCCC)[C@@](O)(CC(=O)Oc2ccc(OC)cc2)C(=O)O)C(=O)OC)cc1. The van der Waals surface area contributed by atoms with Crippen molar-refractivity contribution in [2.45, 2.75) is 115 Å². The minimum Gasteiger partial charge on any atom is -0.497 e. The molecule has 0 saturated heterocycles. The number of Topliss-reactive ketones (excluding diaryl/α,β-unsaturated/α-hetero) is 1. The van der Waals surface area contributed by atoms with Crippen LogP contribution in [-0.2, 0) is 35.1 Å². The number of nitrogens with one attached hydrogen (secondary N) is 1. The molecule has 12 nitrogen and oxygen atoms in total. The number of aliphatic carboxylic acids is 1. The first-order chi connectivity index (χ1) is 26.5. The van der Waals surface area contributed by atoms with E-state index in [1.165, 1.54) is 43.9 Å². The van der Waals surface area contributed by atoms with Crippen molar-refractivity contribution < 1.29 is 53.1 Å². The zero-order valence-corrected chi connectivity index (χ0v) is 32.6. The van der Waals surface area contributed by atoms with Gasteiger partial charge < -0.3 is 34.5 Å². The average Bonchev–Trinajstić information content (AvgIpc) is 3.17. The molecule has 2 aromatic rings. The van der Waals surface area contributed by atoms with Crippen LogP contribution in [0, 0.1) is 17.8 Å². The van der Waals surface area contributed by atoms with Gasteiger partial charge in [0.2, 0.25) is 5.91 Å². The number of carboxylic acids is 1. The molecule has 12 heteroatoms. The number of hydrogen-bond donors (Lipinski definition) is 3. The number of benzene rings is 2. The Morgan fingerprint density at radius 1 is 0.836 bits per heavy atom. The van der Waals surface area contributed by atoms with Gasteiger partial charge in [-0.2, -0.15) is 0 Å². The molecule has 0 spiro atoms. The van der Waals surface area contributed by atoms with Crippen molar-refractivity contribution >= 4 is 29.6 Å². The van der Waals surface area contributed by atoms with Gasteiger partial charge in [0.05, 0.1) is 26.6 Å². The maximum Gasteiger partial charge on any atom is 0.337 e. The van der Waals surface area contributed by atoms with E-state index in [0.717, 1.165) is 52.1 Å². The van der Waals surface area contributed by atoms with E-state index in [4.69, 9.17) is 18.9 Å². The summed E-state index contributed by atoms with van der Waals surface area (Å²) in [5.41, 5.74) is -2.33. The van der Waals surface area contributed by atoms with Gasteiger partial charge in [0.1, 0.15) is 35.7 Å². The lowest BCUT2D eigenvalue weighted by atomic mass is 9.82. The molecular weight excluding hydrogens is 706 g/mol. The Bertz CT molecular complexity index is 1590. The summed E-state index contributed by atoms with van der Waals surface area (Å²) in [6.45, 7) is 4.06. The van der Waals surface area contributed by atoms with Crippen molar-refractivity contribution in [3.8, 4) is 29.1 Å². The summed E-state index contributed by atoms with van der Waals surface area (Å²) in [6.07, 6.45) is 11.9. The molecule has 0 unspecified atom stereocenters. The summed E-state index contributed by atoms with van der Waals surface area (Å²) in [7, 11) is 2.62. The fourth-order valence-electron chi connectivity index (χ4n) is 5.78. The lowest BCUT2D eigenvalue weighted by Gasteiger charge is -2.30. The molecule has 0 bridgehead atoms. The number of ether oxygens (including phenoxy) is 4. The minimum absolute atomic E-state index is 0.0315. The molecule has 1 amide bonds. The average molecular weight is 764 g/mol. The smallest absolute Gasteiger partial charge is 0.337 e. The van der Waals surface area contributed by atoms with Crippen molar-refractivity contribution in [1.29, 1.82) is 0 Å². The lowest BCUT2D eigenvalue weighted by Crippen LogP contribution is -2.55. The fraction of sp³-hybridized carbons (Fsp3) is 0.512. The van der Waals surface area contributed by atoms with Gasteiger partial charge in [0, 0.05) is 19.3 Å². The second-order valence-corrected chi connectivity index (χ2v) is 13.3. The third kappa shape index (κ3) is 17.2. The van der Waals surface area contributed by atoms with Crippen LogP contribution in [-0.4, -0.2) is 72.3 Å². The van der Waals surface area contributed by atoms with Crippen LogP contribution in [0.25, 0.3) is 0 Å². The van der Waals surface area contributed by atoms with E-state index in [1.54, 1.807) is 37.3 Å². The highest BCUT2D eigenvalue weighted by Gasteiger charge is 2.49. The quantitative estimate of drug-likeness (QED) is 0.0296. The molecule has 0 aliphatic heterocycles. The van der Waals surface area contributed by atoms with Crippen LogP contribution in [0.15, 0.2) is 60.7 Å². The Morgan fingerprint density at radius 2 is 1.44 bits per heavy atom. The van der Waals surface area contributed by atoms with E-state index in [-0.39, 0.29) is 24.6 Å². The van der Waals surface area contributed by atoms with Gasteiger partial charge in [-0.05, 0) is 74.6 Å². The summed E-state index contributed by atoms with van der Waals surface area (Å²) in [6, 6.07) is 11.4. The minimum atomic E-state index is -2.96. The third-order valence-electron chi connectivity index (χ3n) is 8.99. The fourth-order valence-corrected chi connectivity index (χ4v) is 5.78. The van der Waals surface area contributed by atoms with Gasteiger partial charge in [-0.25, -0.2) is 9.59 Å². The van der Waals surface area contributed by atoms with Gasteiger partial charge >= 0.3 is 17.9 Å². The van der Waals surface area contributed by atoms with E-state index in [0.29, 0.717) is 42.7 Å². The molecule has 0 aromatic heterocycles. The van der Waals surface area contributed by atoms with E-state index >= 15 is 0 Å². The van der Waals surface area contributed by atoms with Crippen molar-refractivity contribution in [2.75, 3.05) is 20.8 Å². The van der Waals surface area contributed by atoms with Gasteiger partial charge in [-0.15, -0.1) is 5.92 Å². The highest BCUT2D eigenvalue weighted by molar-refractivity contribution is 5.95. The Morgan fingerprint density at radius 3 is 2.02 bits per heavy atom. The Hall–Kier alpha value is -5.15. The zero-order chi connectivity index (χ0) is 40.5. The standard InChI is InChI=1S/C43H57NO11/c1-5-7-9-12-15-18-33(45)19-16-13-10-11-14-17-20-37(43(51,42(49)50)31-39(46)55-36-27-25-34(52-3)26-28-36)40(47)44-38(41(48)53-4)30-32-21-23-35(24-22-32)54-29-8-6-2/h17,20-28,37-38,51H,5,7,9-16,18-19,29-31H2,1-4H3,(H,44,47)(H,49,50)/t37-,38+,43+/m1/s1. The number of esters is 2. The summed E-state index contributed by atoms with van der Waals surface area (Å²) >= 11 is 0. The molecule has 3 N–H and O–H groups in total. The van der Waals surface area contributed by atoms with Crippen molar-refractivity contribution in [3.05, 3.63) is 66.2 Å². The van der Waals surface area contributed by atoms with Gasteiger partial charge in [-0.3, -0.25) is 14.4 Å². The highest BCUT2D eigenvalue weighted by Crippen LogP contribution is 2.27. The topological polar surface area (TPSA) is 175 Å². The van der Waals surface area contributed by atoms with Crippen molar-refractivity contribution in [1.82, 2.24) is 5.32 Å². The number of hydrogen-bond acceptors (Lipinski definition) is 10. The zero-order valence-electron chi connectivity index (χ0n) is 32.6. The van der Waals surface area contributed by atoms with Crippen molar-refractivity contribution in [3.63, 3.8) is 0 Å². The number of amides is 1. The summed E-state index contributed by atoms with van der Waals surface area (Å²) in [5.74, 6) is 0.354. The molecule has 0 saturated carbocycles. The maximum atomic E-state index is 13.9. The molecule has 0 heterocycles. The number of rotatable bonds is 27. The molecule has 2 aromatic carbocycles. The second kappa shape index (κ2) is 25.8. The first-order valence-corrected chi connectivity index (χ1v) is 19.0. The Labute approximate surface area is 325 Å². The highest BCUT2D eigenvalue weighted by atomic mass is 16.5. The molecular formula is C43H57NO11. The summed E-state index contributed by atoms with van der Waals surface area (Å²) in [4.78, 5) is 64.7. The van der Waals surface area contributed by atoms with E-state index < -0.39 is 47.8 Å². The largest absolute Gasteiger partial charge is 0.497 e. The Kier molecular flexibility index (Phi) is 21.6. The molecule has 0 radical (unpaired) electrons. The number of methoxy groups -OCH3 is 2. The number of aliphatic hydroxyl groups is 1. The Balaban J connectivity index is 2.19. The predicted molar refractivity (Wildman–Crippen MR) is 208 cm³/mol. The molecule has 300 valence electrons. The van der Waals surface area contributed by atoms with Crippen LogP contribution >= 0.6 is 0 Å². The third-order valence-corrected chi connectivity index (χ3v) is 8.99. The van der Waals surface area contributed by atoms with Crippen LogP contribution in [0.3, 0.4) is 0 Å². The van der Waals surface area contributed by atoms with Crippen molar-refractivity contribution in [2.24, 2.45) is 5.92 Å². The number of allylic oxidation sites excluding steroid dienone is 1. The van der Waals surface area contributed by atoms with Gasteiger partial charge in [-0.1, -0.05) is 75.7 Å². The molecule has 55 heavy (non-hydrogen) atoms. The first kappa shape index (κ1) is 46.0. The van der Waals surface area contributed by atoms with Crippen LogP contribution in [0.1, 0.15) is 103 Å². The molecule has 0 aliphatic rings. The van der Waals surface area contributed by atoms with E-state index in [9.17, 15) is 34.2 Å². The molecule has 3 atom stereocenters.